The number of anilines is 1. The molecule has 0 aliphatic carbocycles. The standard InChI is InChI=1S/C13H10N4O3/c14-5-9-3-1-2-4-11(9)16-7-10(6-15)13(20)17-8-12(18)19/h1-4,7,16H,8H2,(H,17,20)(H,18,19)/b10-7-. The maximum Gasteiger partial charge on any atom is 0.322 e. The van der Waals surface area contributed by atoms with Crippen LogP contribution in [0.2, 0.25) is 0 Å². The Morgan fingerprint density at radius 3 is 2.60 bits per heavy atom. The first-order valence-electron chi connectivity index (χ1n) is 5.44. The van der Waals surface area contributed by atoms with E-state index >= 15 is 0 Å². The molecule has 0 spiro atoms. The number of aliphatic carboxylic acids is 1. The summed E-state index contributed by atoms with van der Waals surface area (Å²) in [5.41, 5.74) is 0.500. The van der Waals surface area contributed by atoms with E-state index < -0.39 is 18.4 Å². The second-order valence-corrected chi connectivity index (χ2v) is 3.55. The number of carboxylic acid groups (broad SMARTS) is 1. The van der Waals surface area contributed by atoms with E-state index in [1.165, 1.54) is 0 Å². The molecule has 0 aliphatic heterocycles. The molecule has 1 amide bonds. The summed E-state index contributed by atoms with van der Waals surface area (Å²) in [6.07, 6.45) is 1.12. The first-order chi connectivity index (χ1) is 9.58. The predicted molar refractivity (Wildman–Crippen MR) is 69.1 cm³/mol. The lowest BCUT2D eigenvalue weighted by molar-refractivity contribution is -0.137. The number of carboxylic acids is 1. The molecule has 0 unspecified atom stereocenters. The van der Waals surface area contributed by atoms with Crippen LogP contribution in [-0.4, -0.2) is 23.5 Å². The minimum absolute atomic E-state index is 0.293. The summed E-state index contributed by atoms with van der Waals surface area (Å²) in [4.78, 5) is 21.8. The van der Waals surface area contributed by atoms with Crippen molar-refractivity contribution < 1.29 is 14.7 Å². The van der Waals surface area contributed by atoms with Gasteiger partial charge >= 0.3 is 5.97 Å². The Morgan fingerprint density at radius 1 is 1.30 bits per heavy atom. The molecule has 7 heteroatoms. The van der Waals surface area contributed by atoms with E-state index in [1.807, 2.05) is 6.07 Å². The quantitative estimate of drug-likeness (QED) is 0.530. The highest BCUT2D eigenvalue weighted by Gasteiger charge is 2.10. The first-order valence-corrected chi connectivity index (χ1v) is 5.44. The minimum Gasteiger partial charge on any atom is -0.480 e. The smallest absolute Gasteiger partial charge is 0.322 e. The normalized spacial score (nSPS) is 10.0. The average molecular weight is 270 g/mol. The molecule has 0 aromatic heterocycles. The average Bonchev–Trinajstić information content (AvgIpc) is 2.46. The SMILES string of the molecule is N#C/C(=C/Nc1ccccc1C#N)C(=O)NCC(=O)O. The van der Waals surface area contributed by atoms with E-state index in [2.05, 4.69) is 10.6 Å². The monoisotopic (exact) mass is 270 g/mol. The lowest BCUT2D eigenvalue weighted by Gasteiger charge is -2.04. The van der Waals surface area contributed by atoms with E-state index in [0.717, 1.165) is 6.20 Å². The molecule has 0 atom stereocenters. The topological polar surface area (TPSA) is 126 Å². The Hall–Kier alpha value is -3.32. The zero-order valence-corrected chi connectivity index (χ0v) is 10.3. The fourth-order valence-electron chi connectivity index (χ4n) is 1.26. The van der Waals surface area contributed by atoms with E-state index in [1.54, 1.807) is 30.3 Å². The van der Waals surface area contributed by atoms with E-state index in [9.17, 15) is 9.59 Å². The number of benzene rings is 1. The summed E-state index contributed by atoms with van der Waals surface area (Å²) in [6, 6.07) is 10.2. The third-order valence-electron chi connectivity index (χ3n) is 2.18. The molecule has 1 aromatic carbocycles. The fourth-order valence-corrected chi connectivity index (χ4v) is 1.26. The van der Waals surface area contributed by atoms with Gasteiger partial charge in [0.05, 0.1) is 11.3 Å². The van der Waals surface area contributed by atoms with Gasteiger partial charge in [0.2, 0.25) is 0 Å². The molecular formula is C13H10N4O3. The van der Waals surface area contributed by atoms with Gasteiger partial charge in [-0.25, -0.2) is 0 Å². The van der Waals surface area contributed by atoms with Gasteiger partial charge in [0.1, 0.15) is 24.3 Å². The lowest BCUT2D eigenvalue weighted by atomic mass is 10.2. The number of nitriles is 2. The summed E-state index contributed by atoms with van der Waals surface area (Å²) in [7, 11) is 0. The summed E-state index contributed by atoms with van der Waals surface area (Å²) in [5.74, 6) is -2.02. The molecule has 0 radical (unpaired) electrons. The van der Waals surface area contributed by atoms with Gasteiger partial charge < -0.3 is 15.7 Å². The lowest BCUT2D eigenvalue weighted by Crippen LogP contribution is -2.30. The minimum atomic E-state index is -1.21. The van der Waals surface area contributed by atoms with Gasteiger partial charge in [0, 0.05) is 6.20 Å². The molecule has 0 heterocycles. The molecule has 1 aromatic rings. The van der Waals surface area contributed by atoms with Crippen LogP contribution >= 0.6 is 0 Å². The number of para-hydroxylation sites is 1. The van der Waals surface area contributed by atoms with Crippen molar-refractivity contribution in [2.45, 2.75) is 0 Å². The summed E-state index contributed by atoms with van der Waals surface area (Å²) in [6.45, 7) is -0.577. The van der Waals surface area contributed by atoms with Crippen molar-refractivity contribution >= 4 is 17.6 Å². The van der Waals surface area contributed by atoms with E-state index in [-0.39, 0.29) is 5.57 Å². The van der Waals surface area contributed by atoms with Crippen LogP contribution < -0.4 is 10.6 Å². The Morgan fingerprint density at radius 2 is 2.00 bits per heavy atom. The number of rotatable bonds is 5. The number of carbonyl (C=O) groups is 2. The molecule has 0 saturated heterocycles. The van der Waals surface area contributed by atoms with Gasteiger partial charge in [0.25, 0.3) is 5.91 Å². The number of nitrogens with zero attached hydrogens (tertiary/aromatic N) is 2. The van der Waals surface area contributed by atoms with Crippen LogP contribution in [0, 0.1) is 22.7 Å². The van der Waals surface area contributed by atoms with Crippen molar-refractivity contribution in [3.05, 3.63) is 41.6 Å². The highest BCUT2D eigenvalue weighted by Crippen LogP contribution is 2.13. The van der Waals surface area contributed by atoms with Crippen molar-refractivity contribution in [3.8, 4) is 12.1 Å². The molecule has 7 nitrogen and oxygen atoms in total. The van der Waals surface area contributed by atoms with Crippen LogP contribution in [0.15, 0.2) is 36.0 Å². The third-order valence-corrected chi connectivity index (χ3v) is 2.18. The molecule has 100 valence electrons. The number of amides is 1. The second kappa shape index (κ2) is 7.19. The molecule has 1 rings (SSSR count). The zero-order chi connectivity index (χ0) is 15.0. The maximum absolute atomic E-state index is 11.5. The second-order valence-electron chi connectivity index (χ2n) is 3.55. The molecule has 0 aliphatic rings. The highest BCUT2D eigenvalue weighted by molar-refractivity contribution is 5.98. The summed E-state index contributed by atoms with van der Waals surface area (Å²) >= 11 is 0. The van der Waals surface area contributed by atoms with E-state index in [0.29, 0.717) is 11.3 Å². The predicted octanol–water partition coefficient (Wildman–Crippen LogP) is 0.578. The third kappa shape index (κ3) is 4.17. The van der Waals surface area contributed by atoms with Crippen molar-refractivity contribution in [1.82, 2.24) is 5.32 Å². The largest absolute Gasteiger partial charge is 0.480 e. The molecule has 20 heavy (non-hydrogen) atoms. The first kappa shape index (κ1) is 14.7. The Labute approximate surface area is 114 Å². The highest BCUT2D eigenvalue weighted by atomic mass is 16.4. The zero-order valence-electron chi connectivity index (χ0n) is 10.3. The van der Waals surface area contributed by atoms with Crippen molar-refractivity contribution in [1.29, 1.82) is 10.5 Å². The van der Waals surface area contributed by atoms with Crippen molar-refractivity contribution in [3.63, 3.8) is 0 Å². The van der Waals surface area contributed by atoms with Gasteiger partial charge in [0.15, 0.2) is 0 Å². The van der Waals surface area contributed by atoms with Crippen LogP contribution in [0.3, 0.4) is 0 Å². The number of nitrogens with one attached hydrogen (secondary N) is 2. The number of hydrogen-bond donors (Lipinski definition) is 3. The summed E-state index contributed by atoms with van der Waals surface area (Å²) in [5, 5.41) is 30.9. The number of hydrogen-bond acceptors (Lipinski definition) is 5. The Balaban J connectivity index is 2.81. The van der Waals surface area contributed by atoms with Crippen LogP contribution in [0.25, 0.3) is 0 Å². The van der Waals surface area contributed by atoms with Crippen molar-refractivity contribution in [2.75, 3.05) is 11.9 Å². The molecule has 0 bridgehead atoms. The van der Waals surface area contributed by atoms with Gasteiger partial charge in [-0.05, 0) is 12.1 Å². The van der Waals surface area contributed by atoms with E-state index in [4.69, 9.17) is 15.6 Å². The van der Waals surface area contributed by atoms with Crippen molar-refractivity contribution in [2.24, 2.45) is 0 Å². The summed E-state index contributed by atoms with van der Waals surface area (Å²) < 4.78 is 0. The Kier molecular flexibility index (Phi) is 5.30. The Bertz CT molecular complexity index is 638. The molecule has 0 saturated carbocycles. The maximum atomic E-state index is 11.5. The molecular weight excluding hydrogens is 260 g/mol. The van der Waals surface area contributed by atoms with Gasteiger partial charge in [-0.15, -0.1) is 0 Å². The van der Waals surface area contributed by atoms with Gasteiger partial charge in [-0.1, -0.05) is 12.1 Å². The van der Waals surface area contributed by atoms with Gasteiger partial charge in [-0.3, -0.25) is 9.59 Å². The molecule has 0 fully saturated rings. The van der Waals surface area contributed by atoms with Crippen LogP contribution in [0.5, 0.6) is 0 Å². The van der Waals surface area contributed by atoms with Gasteiger partial charge in [-0.2, -0.15) is 10.5 Å². The fraction of sp³-hybridized carbons (Fsp3) is 0.0769. The van der Waals surface area contributed by atoms with Crippen LogP contribution in [0.1, 0.15) is 5.56 Å². The molecule has 3 N–H and O–H groups in total. The van der Waals surface area contributed by atoms with Crippen LogP contribution in [-0.2, 0) is 9.59 Å². The number of carbonyl (C=O) groups excluding carboxylic acids is 1. The van der Waals surface area contributed by atoms with Crippen LogP contribution in [0.4, 0.5) is 5.69 Å².